The predicted molar refractivity (Wildman–Crippen MR) is 101 cm³/mol. The Kier molecular flexibility index (Phi) is 2.84. The van der Waals surface area contributed by atoms with Gasteiger partial charge < -0.3 is 0 Å². The number of nitrogens with zero attached hydrogens (tertiary/aromatic N) is 2. The average molecular weight is 350 g/mol. The fraction of sp³-hybridized carbons (Fsp3) is 0.381. The Morgan fingerprint density at radius 3 is 2.56 bits per heavy atom. The fourth-order valence-corrected chi connectivity index (χ4v) is 5.86. The maximum absolute atomic E-state index is 12.9. The molecule has 1 aromatic heterocycles. The Balaban J connectivity index is 1.85. The molecular formula is C21H22N2OS. The number of carbonyl (C=O) groups is 1. The monoisotopic (exact) mass is 350 g/mol. The molecule has 0 bridgehead atoms. The van der Waals surface area contributed by atoms with Crippen LogP contribution in [0, 0.1) is 0 Å². The zero-order chi connectivity index (χ0) is 17.6. The van der Waals surface area contributed by atoms with Gasteiger partial charge in [0.2, 0.25) is 5.91 Å². The van der Waals surface area contributed by atoms with Crippen LogP contribution in [0.15, 0.2) is 47.4 Å². The van der Waals surface area contributed by atoms with E-state index in [1.54, 1.807) is 11.3 Å². The summed E-state index contributed by atoms with van der Waals surface area (Å²) in [6.07, 6.45) is 0.580. The van der Waals surface area contributed by atoms with Gasteiger partial charge >= 0.3 is 0 Å². The normalized spacial score (nSPS) is 26.2. The third-order valence-electron chi connectivity index (χ3n) is 5.92. The van der Waals surface area contributed by atoms with Crippen molar-refractivity contribution in [2.24, 2.45) is 0 Å². The van der Waals surface area contributed by atoms with E-state index in [1.807, 2.05) is 5.01 Å². The molecule has 0 spiro atoms. The summed E-state index contributed by atoms with van der Waals surface area (Å²) in [4.78, 5) is 14.2. The number of rotatable bonds is 1. The summed E-state index contributed by atoms with van der Waals surface area (Å²) in [5.41, 5.74) is 4.88. The molecule has 2 fully saturated rings. The Morgan fingerprint density at radius 2 is 1.84 bits per heavy atom. The quantitative estimate of drug-likeness (QED) is 0.749. The molecule has 25 heavy (non-hydrogen) atoms. The second kappa shape index (κ2) is 4.63. The topological polar surface area (TPSA) is 23.6 Å². The molecule has 2 saturated heterocycles. The van der Waals surface area contributed by atoms with Crippen molar-refractivity contribution in [3.8, 4) is 0 Å². The largest absolute Gasteiger partial charge is 0.273 e. The highest BCUT2D eigenvalue weighted by Crippen LogP contribution is 2.61. The summed E-state index contributed by atoms with van der Waals surface area (Å²) >= 11 is 1.78. The first-order chi connectivity index (χ1) is 11.8. The number of amides is 1. The van der Waals surface area contributed by atoms with Gasteiger partial charge in [0.25, 0.3) is 0 Å². The molecule has 1 unspecified atom stereocenters. The van der Waals surface area contributed by atoms with Crippen molar-refractivity contribution >= 4 is 22.8 Å². The van der Waals surface area contributed by atoms with E-state index in [-0.39, 0.29) is 23.0 Å². The predicted octanol–water partition coefficient (Wildman–Crippen LogP) is 4.62. The van der Waals surface area contributed by atoms with Crippen LogP contribution in [0.25, 0.3) is 5.57 Å². The van der Waals surface area contributed by atoms with Crippen LogP contribution < -0.4 is 0 Å². The molecule has 1 amide bonds. The van der Waals surface area contributed by atoms with Crippen LogP contribution in [-0.2, 0) is 4.79 Å². The molecule has 0 N–H and O–H groups in total. The molecule has 1 aliphatic carbocycles. The summed E-state index contributed by atoms with van der Waals surface area (Å²) in [6.45, 7) is 8.79. The molecule has 2 aliphatic heterocycles. The summed E-state index contributed by atoms with van der Waals surface area (Å²) < 4.78 is 0. The number of benzene rings is 1. The van der Waals surface area contributed by atoms with Crippen LogP contribution in [-0.4, -0.2) is 27.0 Å². The minimum Gasteiger partial charge on any atom is -0.273 e. The Hall–Kier alpha value is -1.91. The minimum absolute atomic E-state index is 0.157. The van der Waals surface area contributed by atoms with Gasteiger partial charge in [0.1, 0.15) is 0 Å². The number of hydrogen-bond donors (Lipinski definition) is 0. The van der Waals surface area contributed by atoms with Crippen LogP contribution in [0.5, 0.6) is 0 Å². The average Bonchev–Trinajstić information content (AvgIpc) is 3.24. The van der Waals surface area contributed by atoms with Crippen molar-refractivity contribution < 1.29 is 4.79 Å². The van der Waals surface area contributed by atoms with E-state index in [0.717, 1.165) is 0 Å². The van der Waals surface area contributed by atoms with Gasteiger partial charge in [0.15, 0.2) is 0 Å². The molecular weight excluding hydrogens is 328 g/mol. The van der Waals surface area contributed by atoms with Gasteiger partial charge in [-0.25, -0.2) is 5.01 Å². The standard InChI is InChI=1S/C21H22N2OS/c1-20(2)12-16(24)22-21(3,4)18-17(15-10-7-11-25-15)13-8-5-6-9-14(13)19(18)23(20)22/h5-11,19H,12H2,1-4H3. The first-order valence-corrected chi connectivity index (χ1v) is 9.72. The second-order valence-electron chi connectivity index (χ2n) is 8.35. The highest BCUT2D eigenvalue weighted by atomic mass is 32.1. The maximum atomic E-state index is 12.9. The summed E-state index contributed by atoms with van der Waals surface area (Å²) in [6, 6.07) is 13.2. The number of carbonyl (C=O) groups excluding carboxylic acids is 1. The number of hydrogen-bond acceptors (Lipinski definition) is 3. The molecule has 1 aromatic carbocycles. The Bertz CT molecular complexity index is 923. The first-order valence-electron chi connectivity index (χ1n) is 8.84. The van der Waals surface area contributed by atoms with Crippen LogP contribution in [0.4, 0.5) is 0 Å². The number of hydrazine groups is 1. The lowest BCUT2D eigenvalue weighted by atomic mass is 9.86. The first kappa shape index (κ1) is 15.4. The van der Waals surface area contributed by atoms with Gasteiger partial charge in [-0.2, -0.15) is 0 Å². The van der Waals surface area contributed by atoms with Crippen molar-refractivity contribution in [3.05, 3.63) is 63.4 Å². The van der Waals surface area contributed by atoms with E-state index >= 15 is 0 Å². The molecule has 1 atom stereocenters. The third kappa shape index (κ3) is 1.76. The zero-order valence-electron chi connectivity index (χ0n) is 15.0. The van der Waals surface area contributed by atoms with Crippen LogP contribution in [0.2, 0.25) is 0 Å². The summed E-state index contributed by atoms with van der Waals surface area (Å²) in [5.74, 6) is 0.236. The second-order valence-corrected chi connectivity index (χ2v) is 9.30. The third-order valence-corrected chi connectivity index (χ3v) is 6.81. The maximum Gasteiger partial charge on any atom is 0.239 e. The van der Waals surface area contributed by atoms with E-state index in [1.165, 1.54) is 27.2 Å². The lowest BCUT2D eigenvalue weighted by Gasteiger charge is -2.38. The van der Waals surface area contributed by atoms with Gasteiger partial charge in [0.05, 0.1) is 11.6 Å². The molecule has 4 heteroatoms. The molecule has 0 saturated carbocycles. The molecule has 128 valence electrons. The summed E-state index contributed by atoms with van der Waals surface area (Å²) in [7, 11) is 0. The van der Waals surface area contributed by atoms with E-state index in [9.17, 15) is 4.79 Å². The van der Waals surface area contributed by atoms with E-state index in [0.29, 0.717) is 6.42 Å². The Labute approximate surface area is 152 Å². The fourth-order valence-electron chi connectivity index (χ4n) is 5.06. The van der Waals surface area contributed by atoms with Crippen molar-refractivity contribution in [2.75, 3.05) is 0 Å². The molecule has 3 aliphatic rings. The highest BCUT2D eigenvalue weighted by molar-refractivity contribution is 7.11. The van der Waals surface area contributed by atoms with Gasteiger partial charge in [-0.3, -0.25) is 9.80 Å². The van der Waals surface area contributed by atoms with Crippen LogP contribution in [0.1, 0.15) is 56.2 Å². The van der Waals surface area contributed by atoms with E-state index in [4.69, 9.17) is 0 Å². The smallest absolute Gasteiger partial charge is 0.239 e. The van der Waals surface area contributed by atoms with Crippen molar-refractivity contribution in [1.82, 2.24) is 10.0 Å². The Morgan fingerprint density at radius 1 is 1.08 bits per heavy atom. The van der Waals surface area contributed by atoms with Gasteiger partial charge in [0, 0.05) is 22.4 Å². The number of thiophene rings is 1. The van der Waals surface area contributed by atoms with Gasteiger partial charge in [-0.05, 0) is 55.8 Å². The molecule has 2 aromatic rings. The lowest BCUT2D eigenvalue weighted by molar-refractivity contribution is -0.145. The minimum atomic E-state index is -0.312. The SMILES string of the molecule is CC1(C)CC(=O)N2N1C1C(=C(c3cccs3)c3ccccc31)C2(C)C. The van der Waals surface area contributed by atoms with Crippen molar-refractivity contribution in [3.63, 3.8) is 0 Å². The van der Waals surface area contributed by atoms with Crippen LogP contribution in [0.3, 0.4) is 0 Å². The van der Waals surface area contributed by atoms with Crippen LogP contribution >= 0.6 is 11.3 Å². The highest BCUT2D eigenvalue weighted by Gasteiger charge is 2.63. The molecule has 3 nitrogen and oxygen atoms in total. The van der Waals surface area contributed by atoms with Gasteiger partial charge in [-0.1, -0.05) is 30.3 Å². The lowest BCUT2D eigenvalue weighted by Crippen LogP contribution is -2.49. The number of fused-ring (bicyclic) bond motifs is 5. The molecule has 3 heterocycles. The van der Waals surface area contributed by atoms with Gasteiger partial charge in [-0.15, -0.1) is 11.3 Å². The molecule has 5 rings (SSSR count). The van der Waals surface area contributed by atoms with Crippen molar-refractivity contribution in [1.29, 1.82) is 0 Å². The van der Waals surface area contributed by atoms with E-state index < -0.39 is 0 Å². The zero-order valence-corrected chi connectivity index (χ0v) is 15.9. The van der Waals surface area contributed by atoms with Crippen molar-refractivity contribution in [2.45, 2.75) is 51.2 Å². The molecule has 0 radical (unpaired) electrons. The summed E-state index contributed by atoms with van der Waals surface area (Å²) in [5, 5.41) is 6.53. The van der Waals surface area contributed by atoms with E-state index in [2.05, 4.69) is 74.5 Å².